The lowest BCUT2D eigenvalue weighted by atomic mass is 9.89. The van der Waals surface area contributed by atoms with Gasteiger partial charge in [0.25, 0.3) is 5.91 Å². The zero-order valence-corrected chi connectivity index (χ0v) is 23.7. The first-order valence-electron chi connectivity index (χ1n) is 12.2. The third kappa shape index (κ3) is 6.48. The lowest BCUT2D eigenvalue weighted by Gasteiger charge is -2.48. The largest absolute Gasteiger partial charge is 0.481 e. The fourth-order valence-corrected chi connectivity index (χ4v) is 6.61. The lowest BCUT2D eigenvalue weighted by molar-refractivity contribution is -0.182. The summed E-state index contributed by atoms with van der Waals surface area (Å²) in [4.78, 5) is 27.0. The Morgan fingerprint density at radius 2 is 1.73 bits per heavy atom. The zero-order chi connectivity index (χ0) is 27.5. The highest BCUT2D eigenvalue weighted by atomic mass is 35.5. The van der Waals surface area contributed by atoms with Crippen LogP contribution in [-0.2, 0) is 24.2 Å². The second kappa shape index (κ2) is 11.7. The molecule has 1 aliphatic heterocycles. The highest BCUT2D eigenvalue weighted by molar-refractivity contribution is 7.92. The molecule has 10 heteroatoms. The van der Waals surface area contributed by atoms with Crippen molar-refractivity contribution >= 4 is 44.9 Å². The van der Waals surface area contributed by atoms with Crippen LogP contribution in [0.2, 0.25) is 10.0 Å². The number of halogens is 2. The molecule has 202 valence electrons. The maximum Gasteiger partial charge on any atom is 0.306 e. The topological polar surface area (TPSA) is 101 Å². The summed E-state index contributed by atoms with van der Waals surface area (Å²) in [7, 11) is -3.63. The van der Waals surface area contributed by atoms with Crippen LogP contribution in [-0.4, -0.2) is 52.9 Å². The Hall–Kier alpha value is -2.13. The van der Waals surface area contributed by atoms with E-state index in [9.17, 15) is 23.1 Å². The predicted octanol–water partition coefficient (Wildman–Crippen LogP) is 5.86. The van der Waals surface area contributed by atoms with Crippen molar-refractivity contribution in [2.75, 3.05) is 5.75 Å². The number of carbonyl (C=O) groups excluding carboxylic acids is 1. The fourth-order valence-electron chi connectivity index (χ4n) is 4.49. The number of hydrogen-bond acceptors (Lipinski definition) is 5. The average molecular weight is 571 g/mol. The zero-order valence-electron chi connectivity index (χ0n) is 21.4. The van der Waals surface area contributed by atoms with Crippen LogP contribution in [0.15, 0.2) is 48.5 Å². The molecule has 3 rings (SSSR count). The molecule has 0 saturated carbocycles. The molecule has 1 heterocycles. The van der Waals surface area contributed by atoms with Crippen LogP contribution in [0, 0.1) is 0 Å². The van der Waals surface area contributed by atoms with Crippen LogP contribution in [0.5, 0.6) is 0 Å². The molecule has 1 aliphatic rings. The molecular weight excluding hydrogens is 537 g/mol. The second-order valence-corrected chi connectivity index (χ2v) is 13.4. The number of aliphatic carboxylic acids is 1. The number of carbonyl (C=O) groups is 2. The minimum atomic E-state index is -3.63. The number of carboxylic acids is 1. The molecule has 1 N–H and O–H groups in total. The number of amides is 1. The first-order valence-corrected chi connectivity index (χ1v) is 14.6. The van der Waals surface area contributed by atoms with Crippen LogP contribution < -0.4 is 0 Å². The van der Waals surface area contributed by atoms with Gasteiger partial charge in [-0.2, -0.15) is 0 Å². The van der Waals surface area contributed by atoms with E-state index in [0.717, 1.165) is 0 Å². The summed E-state index contributed by atoms with van der Waals surface area (Å²) < 4.78 is 32.1. The van der Waals surface area contributed by atoms with Gasteiger partial charge in [0, 0.05) is 16.1 Å². The van der Waals surface area contributed by atoms with Gasteiger partial charge in [-0.05, 0) is 62.1 Å². The van der Waals surface area contributed by atoms with Crippen molar-refractivity contribution in [2.24, 2.45) is 0 Å². The van der Waals surface area contributed by atoms with Gasteiger partial charge in [0.1, 0.15) is 12.2 Å². The van der Waals surface area contributed by atoms with Gasteiger partial charge in [-0.15, -0.1) is 0 Å². The Labute approximate surface area is 228 Å². The molecule has 2 aromatic rings. The van der Waals surface area contributed by atoms with Crippen molar-refractivity contribution in [3.63, 3.8) is 0 Å². The minimum Gasteiger partial charge on any atom is -0.481 e. The molecule has 7 nitrogen and oxygen atoms in total. The van der Waals surface area contributed by atoms with Crippen molar-refractivity contribution in [3.05, 3.63) is 69.7 Å². The minimum absolute atomic E-state index is 0.262. The summed E-state index contributed by atoms with van der Waals surface area (Å²) in [5, 5.41) is 10.5. The number of benzene rings is 2. The number of nitrogens with zero attached hydrogens (tertiary/aromatic N) is 1. The van der Waals surface area contributed by atoms with Gasteiger partial charge in [0.15, 0.2) is 9.84 Å². The van der Waals surface area contributed by atoms with E-state index < -0.39 is 57.2 Å². The maximum absolute atomic E-state index is 13.9. The molecule has 2 aromatic carbocycles. The van der Waals surface area contributed by atoms with Crippen molar-refractivity contribution < 1.29 is 27.9 Å². The van der Waals surface area contributed by atoms with Gasteiger partial charge in [-0.25, -0.2) is 8.42 Å². The average Bonchev–Trinajstić information content (AvgIpc) is 2.84. The van der Waals surface area contributed by atoms with E-state index in [2.05, 4.69) is 0 Å². The third-order valence-electron chi connectivity index (χ3n) is 7.15. The maximum atomic E-state index is 13.9. The van der Waals surface area contributed by atoms with E-state index in [4.69, 9.17) is 27.9 Å². The number of carboxylic acid groups (broad SMARTS) is 1. The molecule has 1 unspecified atom stereocenters. The van der Waals surface area contributed by atoms with Gasteiger partial charge >= 0.3 is 5.97 Å². The van der Waals surface area contributed by atoms with Gasteiger partial charge in [0.2, 0.25) is 0 Å². The molecule has 0 aromatic heterocycles. The lowest BCUT2D eigenvalue weighted by Crippen LogP contribution is -2.57. The van der Waals surface area contributed by atoms with Gasteiger partial charge in [0.05, 0.1) is 23.0 Å². The number of hydrogen-bond donors (Lipinski definition) is 1. The first kappa shape index (κ1) is 29.4. The molecule has 0 radical (unpaired) electrons. The summed E-state index contributed by atoms with van der Waals surface area (Å²) in [6.07, 6.45) is -1.88. The van der Waals surface area contributed by atoms with E-state index in [1.165, 1.54) is 4.90 Å². The number of sulfone groups is 1. The standard InChI is InChI=1S/C27H33Cl2NO6S/c1-5-21(16-37(34,35)27(3,4)6-2)30-24(17-10-12-19(28)13-11-17)25(18-8-7-9-20(29)14-18)36-22(26(30)33)15-23(31)32/h7-14,21-22,24-25H,5-6,15-16H2,1-4H3,(H,31,32)/t21-,22+,24?,25+/m0/s1. The molecule has 4 atom stereocenters. The van der Waals surface area contributed by atoms with Crippen LogP contribution in [0.1, 0.15) is 70.2 Å². The van der Waals surface area contributed by atoms with E-state index in [1.54, 1.807) is 62.4 Å². The number of ether oxygens (including phenoxy) is 1. The normalized spacial score (nSPS) is 21.6. The summed E-state index contributed by atoms with van der Waals surface area (Å²) in [5.74, 6) is -2.01. The van der Waals surface area contributed by atoms with Gasteiger partial charge in [-0.1, -0.05) is 61.3 Å². The quantitative estimate of drug-likeness (QED) is 0.384. The van der Waals surface area contributed by atoms with Crippen molar-refractivity contribution in [1.82, 2.24) is 4.90 Å². The SMILES string of the molecule is CC[C@@H](CS(=O)(=O)C(C)(C)CC)N1C(=O)[C@@H](CC(=O)O)O[C@H](c2cccc(Cl)c2)C1c1ccc(Cl)cc1. The molecule has 1 fully saturated rings. The second-order valence-electron chi connectivity index (χ2n) is 9.90. The summed E-state index contributed by atoms with van der Waals surface area (Å²) >= 11 is 12.4. The van der Waals surface area contributed by atoms with E-state index >= 15 is 0 Å². The Morgan fingerprint density at radius 3 is 2.27 bits per heavy atom. The predicted molar refractivity (Wildman–Crippen MR) is 145 cm³/mol. The van der Waals surface area contributed by atoms with Crippen LogP contribution >= 0.6 is 23.2 Å². The molecule has 0 aliphatic carbocycles. The van der Waals surface area contributed by atoms with Gasteiger partial charge in [-0.3, -0.25) is 9.59 Å². The van der Waals surface area contributed by atoms with E-state index in [0.29, 0.717) is 34.0 Å². The number of rotatable bonds is 10. The Morgan fingerprint density at radius 1 is 1.08 bits per heavy atom. The van der Waals surface area contributed by atoms with E-state index in [1.807, 2.05) is 13.8 Å². The van der Waals surface area contributed by atoms with Crippen molar-refractivity contribution in [2.45, 2.75) is 76.0 Å². The van der Waals surface area contributed by atoms with Crippen LogP contribution in [0.4, 0.5) is 0 Å². The molecular formula is C27H33Cl2NO6S. The molecule has 1 amide bonds. The van der Waals surface area contributed by atoms with Crippen LogP contribution in [0.25, 0.3) is 0 Å². The fraction of sp³-hybridized carbons (Fsp3) is 0.481. The molecule has 0 bridgehead atoms. The summed E-state index contributed by atoms with van der Waals surface area (Å²) in [5.41, 5.74) is 1.33. The Balaban J connectivity index is 2.21. The number of morpholine rings is 1. The van der Waals surface area contributed by atoms with Crippen LogP contribution in [0.3, 0.4) is 0 Å². The Bertz CT molecular complexity index is 1230. The van der Waals surface area contributed by atoms with Gasteiger partial charge < -0.3 is 14.7 Å². The van der Waals surface area contributed by atoms with Crippen molar-refractivity contribution in [1.29, 1.82) is 0 Å². The smallest absolute Gasteiger partial charge is 0.306 e. The van der Waals surface area contributed by atoms with Crippen molar-refractivity contribution in [3.8, 4) is 0 Å². The molecule has 1 saturated heterocycles. The highest BCUT2D eigenvalue weighted by Crippen LogP contribution is 2.45. The highest BCUT2D eigenvalue weighted by Gasteiger charge is 2.48. The third-order valence-corrected chi connectivity index (χ3v) is 10.4. The molecule has 37 heavy (non-hydrogen) atoms. The summed E-state index contributed by atoms with van der Waals surface area (Å²) in [6, 6.07) is 12.4. The summed E-state index contributed by atoms with van der Waals surface area (Å²) in [6.45, 7) is 6.98. The van der Waals surface area contributed by atoms with E-state index in [-0.39, 0.29) is 5.75 Å². The molecule has 0 spiro atoms. The monoisotopic (exact) mass is 569 g/mol. The Kier molecular flexibility index (Phi) is 9.32. The first-order chi connectivity index (χ1) is 17.3.